The molecule has 0 aliphatic carbocycles. The first-order valence-electron chi connectivity index (χ1n) is 6.75. The molecule has 1 atom stereocenters. The molecule has 1 saturated heterocycles. The van der Waals surface area contributed by atoms with E-state index in [4.69, 9.17) is 23.2 Å². The first-order valence-corrected chi connectivity index (χ1v) is 9.32. The van der Waals surface area contributed by atoms with Crippen molar-refractivity contribution in [1.82, 2.24) is 10.6 Å². The van der Waals surface area contributed by atoms with Gasteiger partial charge in [0, 0.05) is 11.7 Å². The minimum atomic E-state index is -3.07. The number of amides is 3. The van der Waals surface area contributed by atoms with Gasteiger partial charge in [-0.25, -0.2) is 13.2 Å². The van der Waals surface area contributed by atoms with Crippen molar-refractivity contribution in [2.45, 2.75) is 12.5 Å². The molecule has 0 saturated carbocycles. The number of rotatable bonds is 4. The zero-order valence-electron chi connectivity index (χ0n) is 11.9. The van der Waals surface area contributed by atoms with Crippen LogP contribution in [0.1, 0.15) is 6.42 Å². The molecule has 0 radical (unpaired) electrons. The number of sulfone groups is 1. The van der Waals surface area contributed by atoms with Crippen molar-refractivity contribution in [2.75, 3.05) is 23.4 Å². The van der Waals surface area contributed by atoms with E-state index in [1.165, 1.54) is 6.07 Å². The van der Waals surface area contributed by atoms with Gasteiger partial charge >= 0.3 is 6.03 Å². The van der Waals surface area contributed by atoms with Gasteiger partial charge in [-0.2, -0.15) is 0 Å². The number of nitrogens with one attached hydrogen (secondary N) is 3. The molecule has 1 aromatic carbocycles. The van der Waals surface area contributed by atoms with Crippen molar-refractivity contribution in [1.29, 1.82) is 0 Å². The van der Waals surface area contributed by atoms with Crippen LogP contribution in [0.4, 0.5) is 10.5 Å². The van der Waals surface area contributed by atoms with Crippen LogP contribution >= 0.6 is 23.2 Å². The van der Waals surface area contributed by atoms with Gasteiger partial charge in [-0.05, 0) is 24.6 Å². The molecule has 1 fully saturated rings. The van der Waals surface area contributed by atoms with E-state index in [1.54, 1.807) is 12.1 Å². The van der Waals surface area contributed by atoms with E-state index in [0.717, 1.165) is 0 Å². The normalized spacial score (nSPS) is 19.1. The number of halogens is 2. The maximum atomic E-state index is 11.7. The third-order valence-electron chi connectivity index (χ3n) is 3.18. The molecule has 1 heterocycles. The van der Waals surface area contributed by atoms with Crippen LogP contribution < -0.4 is 16.0 Å². The molecule has 3 N–H and O–H groups in total. The molecule has 1 aliphatic heterocycles. The monoisotopic (exact) mass is 379 g/mol. The van der Waals surface area contributed by atoms with E-state index >= 15 is 0 Å². The minimum Gasteiger partial charge on any atom is -0.334 e. The molecular formula is C13H15Cl2N3O4S. The summed E-state index contributed by atoms with van der Waals surface area (Å²) in [6.45, 7) is -0.258. The Bertz CT molecular complexity index is 724. The van der Waals surface area contributed by atoms with Crippen LogP contribution in [-0.4, -0.2) is 44.4 Å². The van der Waals surface area contributed by atoms with E-state index < -0.39 is 27.8 Å². The molecule has 0 aromatic heterocycles. The van der Waals surface area contributed by atoms with E-state index in [-0.39, 0.29) is 18.1 Å². The summed E-state index contributed by atoms with van der Waals surface area (Å²) < 4.78 is 22.6. The highest BCUT2D eigenvalue weighted by atomic mass is 35.5. The summed E-state index contributed by atoms with van der Waals surface area (Å²) in [5.41, 5.74) is 0.452. The second-order valence-corrected chi connectivity index (χ2v) is 8.15. The summed E-state index contributed by atoms with van der Waals surface area (Å²) >= 11 is 11.6. The molecule has 0 spiro atoms. The fraction of sp³-hybridized carbons (Fsp3) is 0.385. The van der Waals surface area contributed by atoms with Gasteiger partial charge in [0.1, 0.15) is 0 Å². The van der Waals surface area contributed by atoms with E-state index in [1.807, 2.05) is 0 Å². The number of carbonyl (C=O) groups excluding carboxylic acids is 2. The zero-order chi connectivity index (χ0) is 17.0. The lowest BCUT2D eigenvalue weighted by Crippen LogP contribution is -2.45. The standard InChI is InChI=1S/C13H15Cl2N3O4S/c14-10-2-1-8(5-11(10)15)17-12(19)6-16-13(20)18-9-3-4-23(21,22)7-9/h1-2,5,9H,3-4,6-7H2,(H,17,19)(H2,16,18,20)/t9-/m0/s1. The van der Waals surface area contributed by atoms with Crippen LogP contribution in [0.5, 0.6) is 0 Å². The zero-order valence-corrected chi connectivity index (χ0v) is 14.3. The lowest BCUT2D eigenvalue weighted by Gasteiger charge is -2.12. The Morgan fingerprint density at radius 2 is 1.96 bits per heavy atom. The number of hydrogen-bond donors (Lipinski definition) is 3. The van der Waals surface area contributed by atoms with Crippen molar-refractivity contribution in [2.24, 2.45) is 0 Å². The first-order chi connectivity index (χ1) is 10.7. The van der Waals surface area contributed by atoms with Gasteiger partial charge in [-0.3, -0.25) is 4.79 Å². The molecule has 0 bridgehead atoms. The van der Waals surface area contributed by atoms with Crippen molar-refractivity contribution in [3.05, 3.63) is 28.2 Å². The van der Waals surface area contributed by atoms with E-state index in [2.05, 4.69) is 16.0 Å². The summed E-state index contributed by atoms with van der Waals surface area (Å²) in [5.74, 6) is -0.455. The molecular weight excluding hydrogens is 365 g/mol. The van der Waals surface area contributed by atoms with Crippen LogP contribution in [0.25, 0.3) is 0 Å². The smallest absolute Gasteiger partial charge is 0.315 e. The van der Waals surface area contributed by atoms with Gasteiger partial charge in [-0.1, -0.05) is 23.2 Å². The van der Waals surface area contributed by atoms with Crippen molar-refractivity contribution >= 4 is 50.7 Å². The summed E-state index contributed by atoms with van der Waals surface area (Å²) in [5, 5.41) is 8.11. The Hall–Kier alpha value is -1.51. The van der Waals surface area contributed by atoms with Crippen LogP contribution in [0.15, 0.2) is 18.2 Å². The quantitative estimate of drug-likeness (QED) is 0.735. The van der Waals surface area contributed by atoms with Gasteiger partial charge in [0.05, 0.1) is 28.1 Å². The molecule has 1 aliphatic rings. The number of hydrogen-bond acceptors (Lipinski definition) is 4. The van der Waals surface area contributed by atoms with Crippen molar-refractivity contribution < 1.29 is 18.0 Å². The predicted molar refractivity (Wildman–Crippen MR) is 88.7 cm³/mol. The van der Waals surface area contributed by atoms with Crippen LogP contribution in [0.3, 0.4) is 0 Å². The number of anilines is 1. The Labute approximate surface area is 143 Å². The maximum Gasteiger partial charge on any atom is 0.315 e. The van der Waals surface area contributed by atoms with E-state index in [9.17, 15) is 18.0 Å². The lowest BCUT2D eigenvalue weighted by atomic mass is 10.3. The third kappa shape index (κ3) is 5.56. The topological polar surface area (TPSA) is 104 Å². The van der Waals surface area contributed by atoms with Gasteiger partial charge in [-0.15, -0.1) is 0 Å². The molecule has 0 unspecified atom stereocenters. The molecule has 3 amide bonds. The highest BCUT2D eigenvalue weighted by Gasteiger charge is 2.28. The maximum absolute atomic E-state index is 11.7. The summed E-state index contributed by atoms with van der Waals surface area (Å²) in [4.78, 5) is 23.4. The Kier molecular flexibility index (Phi) is 5.72. The molecule has 1 aromatic rings. The Morgan fingerprint density at radius 3 is 2.57 bits per heavy atom. The highest BCUT2D eigenvalue weighted by molar-refractivity contribution is 7.91. The van der Waals surface area contributed by atoms with Crippen molar-refractivity contribution in [3.63, 3.8) is 0 Å². The Morgan fingerprint density at radius 1 is 1.22 bits per heavy atom. The van der Waals surface area contributed by atoms with Gasteiger partial charge in [0.2, 0.25) is 5.91 Å². The SMILES string of the molecule is O=C(CNC(=O)N[C@H]1CCS(=O)(=O)C1)Nc1ccc(Cl)c(Cl)c1. The largest absolute Gasteiger partial charge is 0.334 e. The molecule has 126 valence electrons. The average molecular weight is 380 g/mol. The molecule has 2 rings (SSSR count). The van der Waals surface area contributed by atoms with Crippen LogP contribution in [0.2, 0.25) is 10.0 Å². The number of urea groups is 1. The van der Waals surface area contributed by atoms with Crippen LogP contribution in [0, 0.1) is 0 Å². The number of benzene rings is 1. The summed E-state index contributed by atoms with van der Waals surface area (Å²) in [6, 6.07) is 3.61. The van der Waals surface area contributed by atoms with Gasteiger partial charge < -0.3 is 16.0 Å². The highest BCUT2D eigenvalue weighted by Crippen LogP contribution is 2.24. The fourth-order valence-electron chi connectivity index (χ4n) is 2.08. The fourth-order valence-corrected chi connectivity index (χ4v) is 4.06. The van der Waals surface area contributed by atoms with Gasteiger partial charge in [0.15, 0.2) is 9.84 Å². The Balaban J connectivity index is 1.75. The third-order valence-corrected chi connectivity index (χ3v) is 5.69. The second-order valence-electron chi connectivity index (χ2n) is 5.10. The average Bonchev–Trinajstić information content (AvgIpc) is 2.80. The molecule has 7 nitrogen and oxygen atoms in total. The van der Waals surface area contributed by atoms with Crippen LogP contribution in [-0.2, 0) is 14.6 Å². The lowest BCUT2D eigenvalue weighted by molar-refractivity contribution is -0.115. The van der Waals surface area contributed by atoms with E-state index in [0.29, 0.717) is 22.2 Å². The summed E-state index contributed by atoms with van der Waals surface area (Å²) in [7, 11) is -3.07. The second kappa shape index (κ2) is 7.37. The number of carbonyl (C=O) groups is 2. The minimum absolute atomic E-state index is 0.0652. The molecule has 23 heavy (non-hydrogen) atoms. The first kappa shape index (κ1) is 17.8. The van der Waals surface area contributed by atoms with Crippen molar-refractivity contribution in [3.8, 4) is 0 Å². The summed E-state index contributed by atoms with van der Waals surface area (Å²) in [6.07, 6.45) is 0.380. The van der Waals surface area contributed by atoms with Gasteiger partial charge in [0.25, 0.3) is 0 Å². The molecule has 10 heteroatoms. The predicted octanol–water partition coefficient (Wildman–Crippen LogP) is 1.42.